The predicted molar refractivity (Wildman–Crippen MR) is 81.6 cm³/mol. The van der Waals surface area contributed by atoms with E-state index in [4.69, 9.17) is 10.5 Å². The van der Waals surface area contributed by atoms with Crippen molar-refractivity contribution in [2.75, 3.05) is 7.11 Å². The first-order valence-electron chi connectivity index (χ1n) is 6.37. The molecule has 0 spiro atoms. The molecular weight excluding hydrogens is 322 g/mol. The summed E-state index contributed by atoms with van der Waals surface area (Å²) in [6.07, 6.45) is 4.42. The molecule has 108 valence electrons. The van der Waals surface area contributed by atoms with Gasteiger partial charge < -0.3 is 15.2 Å². The van der Waals surface area contributed by atoms with Crippen molar-refractivity contribution in [3.63, 3.8) is 0 Å². The molecule has 20 heavy (non-hydrogen) atoms. The van der Waals surface area contributed by atoms with Crippen molar-refractivity contribution in [1.82, 2.24) is 0 Å². The van der Waals surface area contributed by atoms with Gasteiger partial charge in [-0.1, -0.05) is 12.1 Å². The maximum absolute atomic E-state index is 11.4. The van der Waals surface area contributed by atoms with Crippen LogP contribution in [0.4, 0.5) is 0 Å². The largest absolute Gasteiger partial charge is 0.482 e. The summed E-state index contributed by atoms with van der Waals surface area (Å²) < 4.78 is 11.5. The van der Waals surface area contributed by atoms with E-state index < -0.39 is 12.0 Å². The first-order chi connectivity index (χ1) is 9.34. The van der Waals surface area contributed by atoms with E-state index in [2.05, 4.69) is 20.7 Å². The maximum Gasteiger partial charge on any atom is 0.322 e. The second kappa shape index (κ2) is 5.58. The molecule has 4 nitrogen and oxygen atoms in total. The number of carbonyl (C=O) groups is 1. The van der Waals surface area contributed by atoms with Crippen molar-refractivity contribution < 1.29 is 14.3 Å². The zero-order chi connectivity index (χ0) is 14.9. The van der Waals surface area contributed by atoms with Crippen LogP contribution in [-0.2, 0) is 16.0 Å². The van der Waals surface area contributed by atoms with Crippen LogP contribution in [0.25, 0.3) is 6.08 Å². The minimum absolute atomic E-state index is 0.349. The Balaban J connectivity index is 2.36. The summed E-state index contributed by atoms with van der Waals surface area (Å²) in [5, 5.41) is 0. The maximum atomic E-state index is 11.4. The number of esters is 1. The van der Waals surface area contributed by atoms with Crippen molar-refractivity contribution in [1.29, 1.82) is 0 Å². The first kappa shape index (κ1) is 15.1. The van der Waals surface area contributed by atoms with Crippen molar-refractivity contribution in [3.05, 3.63) is 33.8 Å². The second-order valence-corrected chi connectivity index (χ2v) is 6.18. The molecule has 5 heteroatoms. The molecule has 0 unspecified atom stereocenters. The summed E-state index contributed by atoms with van der Waals surface area (Å²) in [6, 6.07) is 3.18. The fourth-order valence-electron chi connectivity index (χ4n) is 2.13. The zero-order valence-electron chi connectivity index (χ0n) is 11.8. The summed E-state index contributed by atoms with van der Waals surface area (Å²) in [6.45, 7) is 3.98. The van der Waals surface area contributed by atoms with Crippen LogP contribution < -0.4 is 10.5 Å². The number of hydrogen-bond acceptors (Lipinski definition) is 4. The smallest absolute Gasteiger partial charge is 0.322 e. The normalized spacial score (nSPS) is 17.1. The first-order valence-corrected chi connectivity index (χ1v) is 7.16. The highest BCUT2D eigenvalue weighted by Crippen LogP contribution is 2.39. The number of nitrogens with two attached hydrogens (primary N) is 1. The SMILES string of the molecule is COC(=O)[C@@H](N)Cc1ccc(Br)c2c1C=CC(C)(C)O2. The number of benzene rings is 1. The third-order valence-electron chi connectivity index (χ3n) is 3.20. The van der Waals surface area contributed by atoms with Crippen LogP contribution in [0.3, 0.4) is 0 Å². The van der Waals surface area contributed by atoms with Gasteiger partial charge in [-0.15, -0.1) is 0 Å². The van der Waals surface area contributed by atoms with Gasteiger partial charge in [0.2, 0.25) is 0 Å². The van der Waals surface area contributed by atoms with Gasteiger partial charge in [-0.2, -0.15) is 0 Å². The minimum Gasteiger partial charge on any atom is -0.482 e. The van der Waals surface area contributed by atoms with Crippen LogP contribution in [0.5, 0.6) is 5.75 Å². The van der Waals surface area contributed by atoms with Gasteiger partial charge in [-0.25, -0.2) is 0 Å². The third-order valence-corrected chi connectivity index (χ3v) is 3.82. The summed E-state index contributed by atoms with van der Waals surface area (Å²) in [7, 11) is 1.34. The number of methoxy groups -OCH3 is 1. The van der Waals surface area contributed by atoms with E-state index >= 15 is 0 Å². The van der Waals surface area contributed by atoms with Crippen LogP contribution in [0, 0.1) is 0 Å². The Morgan fingerprint density at radius 1 is 1.50 bits per heavy atom. The molecule has 2 rings (SSSR count). The van der Waals surface area contributed by atoms with Crippen LogP contribution in [-0.4, -0.2) is 24.7 Å². The van der Waals surface area contributed by atoms with Crippen molar-refractivity contribution >= 4 is 28.0 Å². The molecule has 2 N–H and O–H groups in total. The fraction of sp³-hybridized carbons (Fsp3) is 0.400. The van der Waals surface area contributed by atoms with Crippen molar-refractivity contribution in [2.45, 2.75) is 31.9 Å². The van der Waals surface area contributed by atoms with Gasteiger partial charge >= 0.3 is 5.97 Å². The summed E-state index contributed by atoms with van der Waals surface area (Å²) in [5.41, 5.74) is 7.41. The van der Waals surface area contributed by atoms with Gasteiger partial charge in [0.05, 0.1) is 11.6 Å². The number of carbonyl (C=O) groups excluding carboxylic acids is 1. The molecule has 0 saturated heterocycles. The van der Waals surface area contributed by atoms with Gasteiger partial charge in [0.15, 0.2) is 0 Å². The van der Waals surface area contributed by atoms with E-state index in [0.29, 0.717) is 6.42 Å². The molecule has 1 aliphatic heterocycles. The minimum atomic E-state index is -0.673. The van der Waals surface area contributed by atoms with Crippen LogP contribution in [0.1, 0.15) is 25.0 Å². The Labute approximate surface area is 127 Å². The highest BCUT2D eigenvalue weighted by molar-refractivity contribution is 9.10. The molecule has 0 saturated carbocycles. The van der Waals surface area contributed by atoms with Gasteiger partial charge in [-0.3, -0.25) is 4.79 Å². The molecule has 0 aliphatic carbocycles. The number of hydrogen-bond donors (Lipinski definition) is 1. The van der Waals surface area contributed by atoms with E-state index in [-0.39, 0.29) is 5.60 Å². The summed E-state index contributed by atoms with van der Waals surface area (Å²) in [4.78, 5) is 11.4. The van der Waals surface area contributed by atoms with Crippen LogP contribution in [0.2, 0.25) is 0 Å². The number of ether oxygens (including phenoxy) is 2. The zero-order valence-corrected chi connectivity index (χ0v) is 13.4. The van der Waals surface area contributed by atoms with E-state index in [9.17, 15) is 4.79 Å². The Morgan fingerprint density at radius 3 is 2.85 bits per heavy atom. The Morgan fingerprint density at radius 2 is 2.20 bits per heavy atom. The van der Waals surface area contributed by atoms with E-state index in [1.807, 2.05) is 38.1 Å². The Hall–Kier alpha value is -1.33. The average Bonchev–Trinajstić information content (AvgIpc) is 2.40. The van der Waals surface area contributed by atoms with Crippen LogP contribution in [0.15, 0.2) is 22.7 Å². The molecule has 0 amide bonds. The molecule has 1 aromatic rings. The van der Waals surface area contributed by atoms with E-state index in [0.717, 1.165) is 21.3 Å². The number of rotatable bonds is 3. The lowest BCUT2D eigenvalue weighted by atomic mass is 9.95. The van der Waals surface area contributed by atoms with E-state index in [1.54, 1.807) is 0 Å². The van der Waals surface area contributed by atoms with Crippen molar-refractivity contribution in [3.8, 4) is 5.75 Å². The molecule has 0 fully saturated rings. The average molecular weight is 340 g/mol. The van der Waals surface area contributed by atoms with Gasteiger partial charge in [0.1, 0.15) is 17.4 Å². The molecule has 1 atom stereocenters. The van der Waals surface area contributed by atoms with Gasteiger partial charge in [0.25, 0.3) is 0 Å². The molecule has 0 bridgehead atoms. The van der Waals surface area contributed by atoms with E-state index in [1.165, 1.54) is 7.11 Å². The molecule has 0 aromatic heterocycles. The van der Waals surface area contributed by atoms with Crippen molar-refractivity contribution in [2.24, 2.45) is 5.73 Å². The molecule has 0 radical (unpaired) electrons. The topological polar surface area (TPSA) is 61.5 Å². The molecule has 1 aliphatic rings. The molecular formula is C15H18BrNO3. The molecule has 1 heterocycles. The number of fused-ring (bicyclic) bond motifs is 1. The van der Waals surface area contributed by atoms with Gasteiger partial charge in [0, 0.05) is 5.56 Å². The molecule has 1 aromatic carbocycles. The summed E-state index contributed by atoms with van der Waals surface area (Å²) >= 11 is 3.49. The summed E-state index contributed by atoms with van der Waals surface area (Å²) in [5.74, 6) is 0.370. The quantitative estimate of drug-likeness (QED) is 0.860. The standard InChI is InChI=1S/C15H18BrNO3/c1-15(2)7-6-10-9(8-12(17)14(18)19-3)4-5-11(16)13(10)20-15/h4-7,12H,8,17H2,1-3H3/t12-/m0/s1. The lowest BCUT2D eigenvalue weighted by molar-refractivity contribution is -0.142. The lowest BCUT2D eigenvalue weighted by Crippen LogP contribution is -2.34. The van der Waals surface area contributed by atoms with Gasteiger partial charge in [-0.05, 0) is 53.9 Å². The highest BCUT2D eigenvalue weighted by atomic mass is 79.9. The Bertz CT molecular complexity index is 566. The lowest BCUT2D eigenvalue weighted by Gasteiger charge is -2.30. The van der Waals surface area contributed by atoms with Crippen LogP contribution >= 0.6 is 15.9 Å². The third kappa shape index (κ3) is 3.04. The predicted octanol–water partition coefficient (Wildman–Crippen LogP) is 2.68. The highest BCUT2D eigenvalue weighted by Gasteiger charge is 2.26. The monoisotopic (exact) mass is 339 g/mol. The fourth-order valence-corrected chi connectivity index (χ4v) is 2.56. The number of halogens is 1. The second-order valence-electron chi connectivity index (χ2n) is 5.32. The Kier molecular flexibility index (Phi) is 4.20.